The largest absolute Gasteiger partial charge is 0.378 e. The van der Waals surface area contributed by atoms with E-state index in [1.54, 1.807) is 0 Å². The third-order valence-electron chi connectivity index (χ3n) is 4.67. The van der Waals surface area contributed by atoms with Crippen LogP contribution in [0.2, 0.25) is 0 Å². The summed E-state index contributed by atoms with van der Waals surface area (Å²) >= 11 is 0. The molecule has 2 rings (SSSR count). The van der Waals surface area contributed by atoms with Crippen molar-refractivity contribution < 1.29 is 4.74 Å². The molecule has 0 radical (unpaired) electrons. The SMILES string of the molecule is CCCNC(CC1CC(OCC)C1)C(C)c1ccncc1. The molecule has 1 heterocycles. The molecule has 118 valence electrons. The van der Waals surface area contributed by atoms with Crippen LogP contribution in [0.15, 0.2) is 24.5 Å². The van der Waals surface area contributed by atoms with E-state index in [-0.39, 0.29) is 0 Å². The van der Waals surface area contributed by atoms with Gasteiger partial charge in [-0.3, -0.25) is 4.98 Å². The van der Waals surface area contributed by atoms with Crippen LogP contribution in [-0.4, -0.2) is 30.3 Å². The molecule has 1 fully saturated rings. The Labute approximate surface area is 129 Å². The first-order chi connectivity index (χ1) is 10.2. The average Bonchev–Trinajstić information content (AvgIpc) is 2.48. The summed E-state index contributed by atoms with van der Waals surface area (Å²) in [5.41, 5.74) is 1.39. The lowest BCUT2D eigenvalue weighted by atomic mass is 9.75. The monoisotopic (exact) mass is 290 g/mol. The number of hydrogen-bond donors (Lipinski definition) is 1. The summed E-state index contributed by atoms with van der Waals surface area (Å²) in [5, 5.41) is 3.75. The number of hydrogen-bond acceptors (Lipinski definition) is 3. The number of ether oxygens (including phenoxy) is 1. The van der Waals surface area contributed by atoms with Crippen molar-refractivity contribution in [3.8, 4) is 0 Å². The van der Waals surface area contributed by atoms with Crippen LogP contribution < -0.4 is 5.32 Å². The molecule has 1 aromatic rings. The van der Waals surface area contributed by atoms with Crippen molar-refractivity contribution in [2.45, 2.75) is 64.5 Å². The first-order valence-electron chi connectivity index (χ1n) is 8.49. The summed E-state index contributed by atoms with van der Waals surface area (Å²) in [6, 6.07) is 4.85. The first kappa shape index (κ1) is 16.4. The first-order valence-corrected chi connectivity index (χ1v) is 8.49. The number of rotatable bonds is 9. The molecule has 0 saturated heterocycles. The third kappa shape index (κ3) is 4.79. The van der Waals surface area contributed by atoms with Gasteiger partial charge < -0.3 is 10.1 Å². The number of nitrogens with one attached hydrogen (secondary N) is 1. The maximum Gasteiger partial charge on any atom is 0.0580 e. The van der Waals surface area contributed by atoms with Gasteiger partial charge in [-0.2, -0.15) is 0 Å². The standard InChI is InChI=1S/C18H30N2O/c1-4-8-20-18(13-15-11-17(12-15)21-5-2)14(3)16-6-9-19-10-7-16/h6-7,9-10,14-15,17-18,20H,4-5,8,11-13H2,1-3H3. The van der Waals surface area contributed by atoms with Gasteiger partial charge in [0.15, 0.2) is 0 Å². The summed E-state index contributed by atoms with van der Waals surface area (Å²) in [7, 11) is 0. The van der Waals surface area contributed by atoms with Gasteiger partial charge in [0.05, 0.1) is 6.10 Å². The van der Waals surface area contributed by atoms with Crippen LogP contribution in [0.3, 0.4) is 0 Å². The van der Waals surface area contributed by atoms with Crippen LogP contribution >= 0.6 is 0 Å². The van der Waals surface area contributed by atoms with Crippen LogP contribution in [0.25, 0.3) is 0 Å². The van der Waals surface area contributed by atoms with E-state index in [0.717, 1.165) is 19.1 Å². The van der Waals surface area contributed by atoms with Crippen LogP contribution in [0.4, 0.5) is 0 Å². The quantitative estimate of drug-likeness (QED) is 0.752. The van der Waals surface area contributed by atoms with E-state index < -0.39 is 0 Å². The molecule has 3 nitrogen and oxygen atoms in total. The Kier molecular flexibility index (Phi) is 6.65. The van der Waals surface area contributed by atoms with Crippen molar-refractivity contribution in [1.82, 2.24) is 10.3 Å². The van der Waals surface area contributed by atoms with Crippen molar-refractivity contribution in [2.75, 3.05) is 13.2 Å². The van der Waals surface area contributed by atoms with Crippen LogP contribution in [-0.2, 0) is 4.74 Å². The lowest BCUT2D eigenvalue weighted by molar-refractivity contribution is -0.0296. The van der Waals surface area contributed by atoms with Crippen molar-refractivity contribution in [3.63, 3.8) is 0 Å². The predicted molar refractivity (Wildman–Crippen MR) is 87.5 cm³/mol. The fourth-order valence-electron chi connectivity index (χ4n) is 3.29. The summed E-state index contributed by atoms with van der Waals surface area (Å²) in [4.78, 5) is 4.13. The van der Waals surface area contributed by atoms with E-state index in [9.17, 15) is 0 Å². The molecule has 0 bridgehead atoms. The zero-order chi connectivity index (χ0) is 15.1. The summed E-state index contributed by atoms with van der Waals surface area (Å²) in [6.07, 6.45) is 9.23. The Balaban J connectivity index is 1.89. The average molecular weight is 290 g/mol. The second-order valence-electron chi connectivity index (χ2n) is 6.28. The highest BCUT2D eigenvalue weighted by molar-refractivity contribution is 5.17. The lowest BCUT2D eigenvalue weighted by Gasteiger charge is -2.38. The fourth-order valence-corrected chi connectivity index (χ4v) is 3.29. The molecule has 0 spiro atoms. The van der Waals surface area contributed by atoms with Crippen LogP contribution in [0, 0.1) is 5.92 Å². The highest BCUT2D eigenvalue weighted by atomic mass is 16.5. The van der Waals surface area contributed by atoms with E-state index in [4.69, 9.17) is 4.74 Å². The molecule has 3 heteroatoms. The van der Waals surface area contributed by atoms with Crippen LogP contribution in [0.1, 0.15) is 57.9 Å². The van der Waals surface area contributed by atoms with Gasteiger partial charge >= 0.3 is 0 Å². The molecule has 0 amide bonds. The Morgan fingerprint density at radius 1 is 1.29 bits per heavy atom. The summed E-state index contributed by atoms with van der Waals surface area (Å²) in [5.74, 6) is 1.35. The third-order valence-corrected chi connectivity index (χ3v) is 4.67. The zero-order valence-corrected chi connectivity index (χ0v) is 13.7. The van der Waals surface area contributed by atoms with Gasteiger partial charge in [-0.25, -0.2) is 0 Å². The second kappa shape index (κ2) is 8.50. The maximum absolute atomic E-state index is 5.69. The molecule has 21 heavy (non-hydrogen) atoms. The van der Waals surface area contributed by atoms with Crippen molar-refractivity contribution in [2.24, 2.45) is 5.92 Å². The molecule has 1 saturated carbocycles. The molecule has 0 aliphatic heterocycles. The minimum absolute atomic E-state index is 0.517. The number of pyridine rings is 1. The molecule has 2 unspecified atom stereocenters. The highest BCUT2D eigenvalue weighted by Gasteiger charge is 2.32. The van der Waals surface area contributed by atoms with E-state index in [1.165, 1.54) is 31.2 Å². The van der Waals surface area contributed by atoms with Gasteiger partial charge in [-0.15, -0.1) is 0 Å². The Morgan fingerprint density at radius 3 is 2.62 bits per heavy atom. The molecular formula is C18H30N2O. The van der Waals surface area contributed by atoms with Gasteiger partial charge in [0.2, 0.25) is 0 Å². The minimum atomic E-state index is 0.517. The van der Waals surface area contributed by atoms with Gasteiger partial charge in [-0.1, -0.05) is 13.8 Å². The zero-order valence-electron chi connectivity index (χ0n) is 13.7. The molecule has 1 aromatic heterocycles. The number of nitrogens with zero attached hydrogens (tertiary/aromatic N) is 1. The van der Waals surface area contributed by atoms with E-state index in [1.807, 2.05) is 12.4 Å². The van der Waals surface area contributed by atoms with Crippen molar-refractivity contribution in [3.05, 3.63) is 30.1 Å². The highest BCUT2D eigenvalue weighted by Crippen LogP contribution is 2.36. The van der Waals surface area contributed by atoms with Gasteiger partial charge in [-0.05, 0) is 68.7 Å². The van der Waals surface area contributed by atoms with Gasteiger partial charge in [0.25, 0.3) is 0 Å². The molecule has 1 aliphatic carbocycles. The smallest absolute Gasteiger partial charge is 0.0580 e. The normalized spacial score (nSPS) is 24.3. The minimum Gasteiger partial charge on any atom is -0.378 e. The Hall–Kier alpha value is -0.930. The Morgan fingerprint density at radius 2 is 2.00 bits per heavy atom. The van der Waals surface area contributed by atoms with E-state index in [0.29, 0.717) is 18.1 Å². The number of aromatic nitrogens is 1. The summed E-state index contributed by atoms with van der Waals surface area (Å²) in [6.45, 7) is 8.60. The molecular weight excluding hydrogens is 260 g/mol. The van der Waals surface area contributed by atoms with Crippen molar-refractivity contribution >= 4 is 0 Å². The van der Waals surface area contributed by atoms with Crippen molar-refractivity contribution in [1.29, 1.82) is 0 Å². The maximum atomic E-state index is 5.69. The molecule has 2 atom stereocenters. The molecule has 1 N–H and O–H groups in total. The molecule has 0 aromatic carbocycles. The van der Waals surface area contributed by atoms with E-state index >= 15 is 0 Å². The van der Waals surface area contributed by atoms with Crippen LogP contribution in [0.5, 0.6) is 0 Å². The lowest BCUT2D eigenvalue weighted by Crippen LogP contribution is -2.41. The second-order valence-corrected chi connectivity index (χ2v) is 6.28. The summed E-state index contributed by atoms with van der Waals surface area (Å²) < 4.78 is 5.69. The molecule has 1 aliphatic rings. The van der Waals surface area contributed by atoms with Gasteiger partial charge in [0.1, 0.15) is 0 Å². The Bertz CT molecular complexity index is 389. The predicted octanol–water partition coefficient (Wildman–Crippen LogP) is 3.76. The van der Waals surface area contributed by atoms with Gasteiger partial charge in [0, 0.05) is 25.0 Å². The van der Waals surface area contributed by atoms with E-state index in [2.05, 4.69) is 43.2 Å². The topological polar surface area (TPSA) is 34.1 Å². The fraction of sp³-hybridized carbons (Fsp3) is 0.722.